The summed E-state index contributed by atoms with van der Waals surface area (Å²) in [5.41, 5.74) is -1.19. The van der Waals surface area contributed by atoms with Crippen LogP contribution in [-0.4, -0.2) is 11.5 Å². The van der Waals surface area contributed by atoms with Crippen LogP contribution in [0.15, 0.2) is 33.5 Å². The Morgan fingerprint density at radius 3 is 2.40 bits per heavy atom. The molecule has 0 fully saturated rings. The van der Waals surface area contributed by atoms with Gasteiger partial charge in [-0.05, 0) is 24.6 Å². The average Bonchev–Trinajstić information content (AvgIpc) is 2.59. The monoisotopic (exact) mass is 347 g/mol. The molecule has 0 saturated carbocycles. The zero-order valence-electron chi connectivity index (χ0n) is 14.7. The largest absolute Gasteiger partial charge is 0.494 e. The molecule has 0 aliphatic heterocycles. The van der Waals surface area contributed by atoms with E-state index in [0.717, 1.165) is 12.8 Å². The van der Waals surface area contributed by atoms with Crippen LogP contribution in [-0.2, 0) is 0 Å². The van der Waals surface area contributed by atoms with Crippen LogP contribution in [0.2, 0.25) is 0 Å². The van der Waals surface area contributed by atoms with Crippen LogP contribution >= 0.6 is 0 Å². The normalized spacial score (nSPS) is 10.9. The van der Waals surface area contributed by atoms with Crippen molar-refractivity contribution in [1.82, 2.24) is 0 Å². The van der Waals surface area contributed by atoms with Crippen molar-refractivity contribution in [2.75, 3.05) is 6.61 Å². The predicted molar refractivity (Wildman–Crippen MR) is 97.2 cm³/mol. The Kier molecular flexibility index (Phi) is 7.44. The van der Waals surface area contributed by atoms with E-state index in [2.05, 4.69) is 6.92 Å². The molecule has 0 unspecified atom stereocenters. The summed E-state index contributed by atoms with van der Waals surface area (Å²) in [6.07, 6.45) is 9.85. The molecule has 0 aliphatic carbocycles. The highest BCUT2D eigenvalue weighted by atomic mass is 16.6. The summed E-state index contributed by atoms with van der Waals surface area (Å²) in [7, 11) is 0. The maximum absolute atomic E-state index is 11.5. The van der Waals surface area contributed by atoms with Gasteiger partial charge in [0.15, 0.2) is 0 Å². The molecular formula is C19H25NO5. The van der Waals surface area contributed by atoms with Crippen LogP contribution in [0.25, 0.3) is 11.0 Å². The number of nitrogens with zero attached hydrogens (tertiary/aromatic N) is 1. The van der Waals surface area contributed by atoms with Crippen molar-refractivity contribution in [3.05, 3.63) is 44.8 Å². The Morgan fingerprint density at radius 2 is 1.72 bits per heavy atom. The SMILES string of the molecule is CCCCCCCCCCOc1ccc2oc(=O)c([N+](=O)[O-])cc2c1. The lowest BCUT2D eigenvalue weighted by molar-refractivity contribution is -0.387. The maximum atomic E-state index is 11.5. The molecule has 0 atom stereocenters. The Bertz CT molecular complexity index is 753. The highest BCUT2D eigenvalue weighted by molar-refractivity contribution is 5.79. The molecule has 2 aromatic rings. The highest BCUT2D eigenvalue weighted by Crippen LogP contribution is 2.23. The second-order valence-corrected chi connectivity index (χ2v) is 6.20. The van der Waals surface area contributed by atoms with Crippen molar-refractivity contribution in [2.45, 2.75) is 58.3 Å². The Morgan fingerprint density at radius 1 is 1.04 bits per heavy atom. The number of fused-ring (bicyclic) bond motifs is 1. The molecule has 25 heavy (non-hydrogen) atoms. The van der Waals surface area contributed by atoms with Gasteiger partial charge in [0.05, 0.1) is 11.5 Å². The molecule has 0 saturated heterocycles. The number of nitro groups is 1. The van der Waals surface area contributed by atoms with Crippen LogP contribution in [0.3, 0.4) is 0 Å². The highest BCUT2D eigenvalue weighted by Gasteiger charge is 2.15. The molecule has 1 aromatic carbocycles. The fourth-order valence-electron chi connectivity index (χ4n) is 2.73. The van der Waals surface area contributed by atoms with Crippen molar-refractivity contribution in [2.24, 2.45) is 0 Å². The summed E-state index contributed by atoms with van der Waals surface area (Å²) in [4.78, 5) is 21.6. The summed E-state index contributed by atoms with van der Waals surface area (Å²) < 4.78 is 10.7. The van der Waals surface area contributed by atoms with Gasteiger partial charge in [-0.3, -0.25) is 10.1 Å². The van der Waals surface area contributed by atoms with Gasteiger partial charge < -0.3 is 9.15 Å². The lowest BCUT2D eigenvalue weighted by atomic mass is 10.1. The Hall–Kier alpha value is -2.37. The van der Waals surface area contributed by atoms with Crippen molar-refractivity contribution in [1.29, 1.82) is 0 Å². The molecule has 6 nitrogen and oxygen atoms in total. The van der Waals surface area contributed by atoms with E-state index in [0.29, 0.717) is 23.3 Å². The average molecular weight is 347 g/mol. The second-order valence-electron chi connectivity index (χ2n) is 6.20. The Balaban J connectivity index is 1.80. The molecule has 1 aromatic heterocycles. The zero-order chi connectivity index (χ0) is 18.1. The minimum atomic E-state index is -0.940. The summed E-state index contributed by atoms with van der Waals surface area (Å²) >= 11 is 0. The smallest absolute Gasteiger partial charge is 0.415 e. The lowest BCUT2D eigenvalue weighted by Crippen LogP contribution is -2.06. The van der Waals surface area contributed by atoms with Gasteiger partial charge in [0.1, 0.15) is 11.3 Å². The number of unbranched alkanes of at least 4 members (excludes halogenated alkanes) is 7. The van der Waals surface area contributed by atoms with Gasteiger partial charge in [0, 0.05) is 11.5 Å². The van der Waals surface area contributed by atoms with Crippen molar-refractivity contribution in [3.63, 3.8) is 0 Å². The number of benzene rings is 1. The number of rotatable bonds is 11. The number of ether oxygens (including phenoxy) is 1. The molecule has 0 bridgehead atoms. The van der Waals surface area contributed by atoms with Crippen LogP contribution < -0.4 is 10.4 Å². The third-order valence-corrected chi connectivity index (χ3v) is 4.15. The van der Waals surface area contributed by atoms with Gasteiger partial charge in [0.2, 0.25) is 0 Å². The molecular weight excluding hydrogens is 322 g/mol. The minimum Gasteiger partial charge on any atom is -0.494 e. The molecule has 1 heterocycles. The summed E-state index contributed by atoms with van der Waals surface area (Å²) in [5.74, 6) is 0.624. The van der Waals surface area contributed by atoms with E-state index in [4.69, 9.17) is 9.15 Å². The van der Waals surface area contributed by atoms with E-state index in [9.17, 15) is 14.9 Å². The molecule has 0 amide bonds. The van der Waals surface area contributed by atoms with Gasteiger partial charge >= 0.3 is 11.3 Å². The third kappa shape index (κ3) is 5.89. The van der Waals surface area contributed by atoms with Gasteiger partial charge in [-0.15, -0.1) is 0 Å². The molecule has 0 radical (unpaired) electrons. The van der Waals surface area contributed by atoms with Crippen LogP contribution in [0.1, 0.15) is 58.3 Å². The fourth-order valence-corrected chi connectivity index (χ4v) is 2.73. The minimum absolute atomic E-state index is 0.315. The Labute approximate surface area is 146 Å². The van der Waals surface area contributed by atoms with Crippen LogP contribution in [0.5, 0.6) is 5.75 Å². The van der Waals surface area contributed by atoms with Gasteiger partial charge in [-0.1, -0.05) is 51.9 Å². The summed E-state index contributed by atoms with van der Waals surface area (Å²) in [6.45, 7) is 2.83. The van der Waals surface area contributed by atoms with Gasteiger partial charge in [-0.25, -0.2) is 4.79 Å². The van der Waals surface area contributed by atoms with E-state index in [-0.39, 0.29) is 0 Å². The maximum Gasteiger partial charge on any atom is 0.415 e. The van der Waals surface area contributed by atoms with Crippen molar-refractivity contribution >= 4 is 16.7 Å². The quantitative estimate of drug-likeness (QED) is 0.241. The first-order valence-corrected chi connectivity index (χ1v) is 8.97. The number of hydrogen-bond acceptors (Lipinski definition) is 5. The third-order valence-electron chi connectivity index (χ3n) is 4.15. The molecule has 0 spiro atoms. The molecule has 0 N–H and O–H groups in total. The molecule has 2 rings (SSSR count). The lowest BCUT2D eigenvalue weighted by Gasteiger charge is -2.07. The molecule has 6 heteroatoms. The first-order chi connectivity index (χ1) is 12.1. The number of hydrogen-bond donors (Lipinski definition) is 0. The van der Waals surface area contributed by atoms with Crippen LogP contribution in [0.4, 0.5) is 5.69 Å². The van der Waals surface area contributed by atoms with Crippen molar-refractivity contribution < 1.29 is 14.1 Å². The van der Waals surface area contributed by atoms with Gasteiger partial charge in [0.25, 0.3) is 0 Å². The predicted octanol–water partition coefficient (Wildman–Crippen LogP) is 5.22. The van der Waals surface area contributed by atoms with E-state index < -0.39 is 16.2 Å². The topological polar surface area (TPSA) is 82.6 Å². The summed E-state index contributed by atoms with van der Waals surface area (Å²) in [5, 5.41) is 11.3. The van der Waals surface area contributed by atoms with E-state index in [1.54, 1.807) is 18.2 Å². The molecule has 136 valence electrons. The summed E-state index contributed by atoms with van der Waals surface area (Å²) in [6, 6.07) is 6.20. The standard InChI is InChI=1S/C19H25NO5/c1-2-3-4-5-6-7-8-9-12-24-16-10-11-18-15(13-16)14-17(20(22)23)19(21)25-18/h10-11,13-14H,2-9,12H2,1H3. The van der Waals surface area contributed by atoms with Crippen molar-refractivity contribution in [3.8, 4) is 5.75 Å². The first kappa shape index (κ1) is 19.0. The van der Waals surface area contributed by atoms with E-state index in [1.807, 2.05) is 0 Å². The van der Waals surface area contributed by atoms with E-state index >= 15 is 0 Å². The zero-order valence-corrected chi connectivity index (χ0v) is 14.7. The first-order valence-electron chi connectivity index (χ1n) is 8.97. The van der Waals surface area contributed by atoms with Gasteiger partial charge in [-0.2, -0.15) is 0 Å². The second kappa shape index (κ2) is 9.81. The van der Waals surface area contributed by atoms with Crippen LogP contribution in [0, 0.1) is 10.1 Å². The van der Waals surface area contributed by atoms with E-state index in [1.165, 1.54) is 44.6 Å². The molecule has 0 aliphatic rings. The fraction of sp³-hybridized carbons (Fsp3) is 0.526.